The molecule has 0 saturated heterocycles. The molecule has 0 spiro atoms. The Morgan fingerprint density at radius 3 is 2.95 bits per heavy atom. The highest BCUT2D eigenvalue weighted by Gasteiger charge is 2.20. The molecule has 1 aromatic carbocycles. The van der Waals surface area contributed by atoms with Gasteiger partial charge in [-0.3, -0.25) is 0 Å². The highest BCUT2D eigenvalue weighted by Crippen LogP contribution is 2.27. The molecule has 1 aliphatic carbocycles. The van der Waals surface area contributed by atoms with Crippen LogP contribution in [-0.2, 0) is 6.54 Å². The average Bonchev–Trinajstić information content (AvgIpc) is 3.20. The van der Waals surface area contributed by atoms with Gasteiger partial charge in [0.2, 0.25) is 5.88 Å². The number of benzene rings is 1. The number of rotatable bonds is 5. The van der Waals surface area contributed by atoms with E-state index < -0.39 is 0 Å². The highest BCUT2D eigenvalue weighted by molar-refractivity contribution is 9.10. The van der Waals surface area contributed by atoms with Crippen molar-refractivity contribution in [1.82, 2.24) is 10.3 Å². The molecule has 104 valence electrons. The lowest BCUT2D eigenvalue weighted by Gasteiger charge is -2.10. The van der Waals surface area contributed by atoms with Crippen LogP contribution in [0.4, 0.5) is 4.39 Å². The number of hydrogen-bond acceptors (Lipinski definition) is 3. The van der Waals surface area contributed by atoms with Crippen molar-refractivity contribution >= 4 is 15.9 Å². The number of halogens is 2. The molecule has 20 heavy (non-hydrogen) atoms. The molecule has 1 aliphatic rings. The first-order valence-corrected chi connectivity index (χ1v) is 7.31. The topological polar surface area (TPSA) is 34.1 Å². The van der Waals surface area contributed by atoms with E-state index in [0.717, 1.165) is 5.56 Å². The van der Waals surface area contributed by atoms with Gasteiger partial charge in [-0.05, 0) is 31.0 Å². The fourth-order valence-corrected chi connectivity index (χ4v) is 2.34. The summed E-state index contributed by atoms with van der Waals surface area (Å²) in [6.45, 7) is 0.713. The van der Waals surface area contributed by atoms with E-state index in [1.807, 2.05) is 12.1 Å². The minimum Gasteiger partial charge on any atom is -0.439 e. The monoisotopic (exact) mass is 336 g/mol. The molecular formula is C15H14BrFN2O. The summed E-state index contributed by atoms with van der Waals surface area (Å²) in [5.74, 6) is 0.601. The normalized spacial score (nSPS) is 14.3. The number of aromatic nitrogens is 1. The molecule has 1 N–H and O–H groups in total. The molecule has 1 saturated carbocycles. The van der Waals surface area contributed by atoms with Crippen molar-refractivity contribution in [3.63, 3.8) is 0 Å². The van der Waals surface area contributed by atoms with E-state index in [-0.39, 0.29) is 5.82 Å². The van der Waals surface area contributed by atoms with Gasteiger partial charge in [0.1, 0.15) is 11.6 Å². The van der Waals surface area contributed by atoms with Crippen LogP contribution in [0.3, 0.4) is 0 Å². The molecule has 1 heterocycles. The van der Waals surface area contributed by atoms with Crippen molar-refractivity contribution in [1.29, 1.82) is 0 Å². The SMILES string of the molecule is Fc1cc(Br)cc(Oc2ncccc2CNC2CC2)c1. The summed E-state index contributed by atoms with van der Waals surface area (Å²) in [6, 6.07) is 8.91. The first-order chi connectivity index (χ1) is 9.70. The van der Waals surface area contributed by atoms with Crippen molar-refractivity contribution in [2.75, 3.05) is 0 Å². The van der Waals surface area contributed by atoms with Crippen molar-refractivity contribution in [3.8, 4) is 11.6 Å². The van der Waals surface area contributed by atoms with Crippen LogP contribution in [0, 0.1) is 5.82 Å². The van der Waals surface area contributed by atoms with E-state index in [1.165, 1.54) is 25.0 Å². The van der Waals surface area contributed by atoms with Crippen molar-refractivity contribution in [2.45, 2.75) is 25.4 Å². The number of pyridine rings is 1. The predicted molar refractivity (Wildman–Crippen MR) is 78.3 cm³/mol. The van der Waals surface area contributed by atoms with Crippen LogP contribution >= 0.6 is 15.9 Å². The molecule has 3 rings (SSSR count). The van der Waals surface area contributed by atoms with Gasteiger partial charge in [-0.2, -0.15) is 0 Å². The number of ether oxygens (including phenoxy) is 1. The Morgan fingerprint density at radius 2 is 2.20 bits per heavy atom. The average molecular weight is 337 g/mol. The van der Waals surface area contributed by atoms with E-state index >= 15 is 0 Å². The van der Waals surface area contributed by atoms with Gasteiger partial charge in [0, 0.05) is 34.9 Å². The number of nitrogens with zero attached hydrogens (tertiary/aromatic N) is 1. The second kappa shape index (κ2) is 5.89. The molecule has 3 nitrogen and oxygen atoms in total. The van der Waals surface area contributed by atoms with Gasteiger partial charge in [-0.1, -0.05) is 22.0 Å². The minimum atomic E-state index is -0.344. The van der Waals surface area contributed by atoms with E-state index in [4.69, 9.17) is 4.74 Å². The Kier molecular flexibility index (Phi) is 3.98. The van der Waals surface area contributed by atoms with Crippen molar-refractivity contribution < 1.29 is 9.13 Å². The maximum atomic E-state index is 13.4. The maximum Gasteiger partial charge on any atom is 0.223 e. The van der Waals surface area contributed by atoms with Crippen molar-refractivity contribution in [3.05, 3.63) is 52.4 Å². The Bertz CT molecular complexity index is 596. The van der Waals surface area contributed by atoms with Crippen LogP contribution < -0.4 is 10.1 Å². The van der Waals surface area contributed by atoms with Gasteiger partial charge in [0.15, 0.2) is 0 Å². The largest absolute Gasteiger partial charge is 0.439 e. The highest BCUT2D eigenvalue weighted by atomic mass is 79.9. The maximum absolute atomic E-state index is 13.4. The Morgan fingerprint density at radius 1 is 1.35 bits per heavy atom. The van der Waals surface area contributed by atoms with Crippen molar-refractivity contribution in [2.24, 2.45) is 0 Å². The molecule has 1 aromatic heterocycles. The summed E-state index contributed by atoms with van der Waals surface area (Å²) < 4.78 is 19.7. The molecule has 0 unspecified atom stereocenters. The molecule has 0 bridgehead atoms. The molecular weight excluding hydrogens is 323 g/mol. The molecule has 0 atom stereocenters. The van der Waals surface area contributed by atoms with Gasteiger partial charge < -0.3 is 10.1 Å². The first-order valence-electron chi connectivity index (χ1n) is 6.52. The second-order valence-corrected chi connectivity index (χ2v) is 5.75. The zero-order chi connectivity index (χ0) is 13.9. The fraction of sp³-hybridized carbons (Fsp3) is 0.267. The van der Waals surface area contributed by atoms with Gasteiger partial charge in [0.25, 0.3) is 0 Å². The summed E-state index contributed by atoms with van der Waals surface area (Å²) in [7, 11) is 0. The lowest BCUT2D eigenvalue weighted by Crippen LogP contribution is -2.16. The van der Waals surface area contributed by atoms with Gasteiger partial charge >= 0.3 is 0 Å². The first kappa shape index (κ1) is 13.5. The van der Waals surface area contributed by atoms with E-state index in [9.17, 15) is 4.39 Å². The van der Waals surface area contributed by atoms with Crippen LogP contribution in [0.2, 0.25) is 0 Å². The Balaban J connectivity index is 1.78. The second-order valence-electron chi connectivity index (χ2n) is 4.83. The van der Waals surface area contributed by atoms with Crippen LogP contribution in [0.25, 0.3) is 0 Å². The molecule has 0 radical (unpaired) electrons. The summed E-state index contributed by atoms with van der Waals surface area (Å²) in [5, 5.41) is 3.42. The molecule has 2 aromatic rings. The molecule has 0 aliphatic heterocycles. The smallest absolute Gasteiger partial charge is 0.223 e. The summed E-state index contributed by atoms with van der Waals surface area (Å²) in [5.41, 5.74) is 0.972. The standard InChI is InChI=1S/C15H14BrFN2O/c16-11-6-12(17)8-14(7-11)20-15-10(2-1-5-18-15)9-19-13-3-4-13/h1-2,5-8,13,19H,3-4,9H2. The predicted octanol–water partition coefficient (Wildman–Crippen LogP) is 4.03. The minimum absolute atomic E-state index is 0.344. The number of nitrogens with one attached hydrogen (secondary N) is 1. The zero-order valence-corrected chi connectivity index (χ0v) is 12.4. The Labute approximate surface area is 125 Å². The van der Waals surface area contributed by atoms with Gasteiger partial charge in [-0.25, -0.2) is 9.37 Å². The lowest BCUT2D eigenvalue weighted by atomic mass is 10.2. The molecule has 1 fully saturated rings. The van der Waals surface area contributed by atoms with Gasteiger partial charge in [0.05, 0.1) is 0 Å². The molecule has 5 heteroatoms. The van der Waals surface area contributed by atoms with E-state index in [1.54, 1.807) is 12.3 Å². The van der Waals surface area contributed by atoms with E-state index in [2.05, 4.69) is 26.2 Å². The van der Waals surface area contributed by atoms with Crippen LogP contribution in [-0.4, -0.2) is 11.0 Å². The third-order valence-electron chi connectivity index (χ3n) is 3.06. The molecule has 0 amide bonds. The summed E-state index contributed by atoms with van der Waals surface area (Å²) in [6.07, 6.45) is 4.13. The van der Waals surface area contributed by atoms with Crippen LogP contribution in [0.1, 0.15) is 18.4 Å². The quantitative estimate of drug-likeness (QED) is 0.895. The summed E-state index contributed by atoms with van der Waals surface area (Å²) in [4.78, 5) is 4.23. The zero-order valence-electron chi connectivity index (χ0n) is 10.8. The van der Waals surface area contributed by atoms with Crippen LogP contribution in [0.15, 0.2) is 41.0 Å². The Hall–Kier alpha value is -1.46. The summed E-state index contributed by atoms with van der Waals surface area (Å²) >= 11 is 3.25. The third-order valence-corrected chi connectivity index (χ3v) is 3.52. The third kappa shape index (κ3) is 3.55. The fourth-order valence-electron chi connectivity index (χ4n) is 1.89. The van der Waals surface area contributed by atoms with Crippen LogP contribution in [0.5, 0.6) is 11.6 Å². The lowest BCUT2D eigenvalue weighted by molar-refractivity contribution is 0.448. The van der Waals surface area contributed by atoms with E-state index in [0.29, 0.717) is 28.7 Å². The van der Waals surface area contributed by atoms with Gasteiger partial charge in [-0.15, -0.1) is 0 Å². The number of hydrogen-bond donors (Lipinski definition) is 1.